The monoisotopic (exact) mass is 388 g/mol. The minimum absolute atomic E-state index is 0.260. The minimum Gasteiger partial charge on any atom is -0.305 e. The maximum atomic E-state index is 13.4. The number of terminal acetylenes is 1. The Bertz CT molecular complexity index is 1010. The number of fused-ring (bicyclic) bond motifs is 1. The zero-order valence-corrected chi connectivity index (χ0v) is 14.2. The fourth-order valence-corrected chi connectivity index (χ4v) is 3.60. The van der Waals surface area contributed by atoms with Crippen LogP contribution in [0.25, 0.3) is 10.2 Å². The van der Waals surface area contributed by atoms with Crippen LogP contribution in [0.4, 0.5) is 4.39 Å². The van der Waals surface area contributed by atoms with Crippen molar-refractivity contribution in [1.29, 1.82) is 0 Å². The molecule has 23 heavy (non-hydrogen) atoms. The second-order valence-corrected chi connectivity index (χ2v) is 6.64. The van der Waals surface area contributed by atoms with Gasteiger partial charge in [0.2, 0.25) is 0 Å². The highest BCUT2D eigenvalue weighted by Gasteiger charge is 2.09. The molecule has 0 bridgehead atoms. The average Bonchev–Trinajstić information content (AvgIpc) is 2.84. The van der Waals surface area contributed by atoms with Crippen molar-refractivity contribution < 1.29 is 9.18 Å². The Morgan fingerprint density at radius 3 is 2.91 bits per heavy atom. The number of rotatable bonds is 2. The van der Waals surface area contributed by atoms with Gasteiger partial charge in [0, 0.05) is 10.0 Å². The molecule has 0 aliphatic rings. The van der Waals surface area contributed by atoms with Crippen LogP contribution >= 0.6 is 27.3 Å². The molecule has 2 aromatic carbocycles. The first-order chi connectivity index (χ1) is 11.1. The zero-order chi connectivity index (χ0) is 16.4. The first-order valence-corrected chi connectivity index (χ1v) is 8.26. The van der Waals surface area contributed by atoms with Gasteiger partial charge in [-0.1, -0.05) is 39.3 Å². The molecule has 1 aromatic heterocycles. The number of thiazole rings is 1. The van der Waals surface area contributed by atoms with Crippen LogP contribution in [0.2, 0.25) is 0 Å². The van der Waals surface area contributed by atoms with Crippen LogP contribution in [0.3, 0.4) is 0 Å². The van der Waals surface area contributed by atoms with Crippen LogP contribution in [0.1, 0.15) is 10.4 Å². The summed E-state index contributed by atoms with van der Waals surface area (Å²) in [6.45, 7) is 0.260. The molecule has 0 fully saturated rings. The summed E-state index contributed by atoms with van der Waals surface area (Å²) < 4.78 is 16.6. The molecule has 0 spiro atoms. The van der Waals surface area contributed by atoms with Crippen molar-refractivity contribution in [2.75, 3.05) is 0 Å². The predicted octanol–water partition coefficient (Wildman–Crippen LogP) is 3.98. The van der Waals surface area contributed by atoms with Crippen LogP contribution in [0, 0.1) is 18.2 Å². The Morgan fingerprint density at radius 1 is 1.35 bits per heavy atom. The number of carbonyl (C=O) groups is 1. The number of amides is 1. The molecule has 0 radical (unpaired) electrons. The van der Waals surface area contributed by atoms with Crippen LogP contribution in [-0.2, 0) is 6.54 Å². The van der Waals surface area contributed by atoms with Gasteiger partial charge >= 0.3 is 0 Å². The van der Waals surface area contributed by atoms with Crippen LogP contribution in [0.5, 0.6) is 0 Å². The van der Waals surface area contributed by atoms with E-state index in [2.05, 4.69) is 26.8 Å². The number of benzene rings is 2. The SMILES string of the molecule is C#CCn1c(=NC(=O)c2cccc(Br)c2)sc2cc(F)ccc21. The van der Waals surface area contributed by atoms with Crippen molar-refractivity contribution in [1.82, 2.24) is 4.57 Å². The first-order valence-electron chi connectivity index (χ1n) is 6.65. The molecular formula is C17H10BrFN2OS. The summed E-state index contributed by atoms with van der Waals surface area (Å²) >= 11 is 4.56. The highest BCUT2D eigenvalue weighted by atomic mass is 79.9. The molecule has 114 valence electrons. The van der Waals surface area contributed by atoms with E-state index in [1.165, 1.54) is 23.5 Å². The molecule has 3 aromatic rings. The van der Waals surface area contributed by atoms with Gasteiger partial charge < -0.3 is 4.57 Å². The quantitative estimate of drug-likeness (QED) is 0.611. The summed E-state index contributed by atoms with van der Waals surface area (Å²) in [4.78, 5) is 17.0. The normalized spacial score (nSPS) is 11.6. The predicted molar refractivity (Wildman–Crippen MR) is 92.6 cm³/mol. The molecule has 6 heteroatoms. The van der Waals surface area contributed by atoms with Gasteiger partial charge in [0.1, 0.15) is 5.82 Å². The Balaban J connectivity index is 2.16. The van der Waals surface area contributed by atoms with Gasteiger partial charge in [0.25, 0.3) is 5.91 Å². The molecular weight excluding hydrogens is 379 g/mol. The standard InChI is InChI=1S/C17H10BrFN2OS/c1-2-8-21-14-7-6-13(19)10-15(14)23-17(21)20-16(22)11-4-3-5-12(18)9-11/h1,3-7,9-10H,8H2. The fraction of sp³-hybridized carbons (Fsp3) is 0.0588. The third-order valence-electron chi connectivity index (χ3n) is 3.16. The molecule has 0 aliphatic carbocycles. The molecule has 1 amide bonds. The lowest BCUT2D eigenvalue weighted by Gasteiger charge is -2.00. The van der Waals surface area contributed by atoms with E-state index in [-0.39, 0.29) is 18.3 Å². The summed E-state index contributed by atoms with van der Waals surface area (Å²) in [6, 6.07) is 11.4. The number of aromatic nitrogens is 1. The molecule has 3 rings (SSSR count). The van der Waals surface area contributed by atoms with Crippen molar-refractivity contribution in [3.8, 4) is 12.3 Å². The third kappa shape index (κ3) is 3.26. The summed E-state index contributed by atoms with van der Waals surface area (Å²) in [5, 5.41) is 0. The summed E-state index contributed by atoms with van der Waals surface area (Å²) in [5.41, 5.74) is 1.23. The topological polar surface area (TPSA) is 34.4 Å². The Morgan fingerprint density at radius 2 is 2.17 bits per heavy atom. The van der Waals surface area contributed by atoms with Gasteiger partial charge in [0.15, 0.2) is 4.80 Å². The molecule has 0 atom stereocenters. The highest BCUT2D eigenvalue weighted by molar-refractivity contribution is 9.10. The Kier molecular flexibility index (Phi) is 4.42. The largest absolute Gasteiger partial charge is 0.305 e. The van der Waals surface area contributed by atoms with Crippen LogP contribution < -0.4 is 4.80 Å². The fourth-order valence-electron chi connectivity index (χ4n) is 2.15. The van der Waals surface area contributed by atoms with Gasteiger partial charge in [-0.2, -0.15) is 4.99 Å². The van der Waals surface area contributed by atoms with E-state index in [0.717, 1.165) is 9.99 Å². The van der Waals surface area contributed by atoms with Crippen LogP contribution in [0.15, 0.2) is 51.9 Å². The van der Waals surface area contributed by atoms with Crippen molar-refractivity contribution in [2.24, 2.45) is 4.99 Å². The smallest absolute Gasteiger partial charge is 0.279 e. The van der Waals surface area contributed by atoms with Crippen molar-refractivity contribution >= 4 is 43.4 Å². The minimum atomic E-state index is -0.371. The second-order valence-electron chi connectivity index (χ2n) is 4.71. The number of nitrogens with zero attached hydrogens (tertiary/aromatic N) is 2. The van der Waals surface area contributed by atoms with Gasteiger partial charge in [-0.05, 0) is 36.4 Å². The van der Waals surface area contributed by atoms with Crippen molar-refractivity contribution in [3.05, 3.63) is 63.1 Å². The average molecular weight is 389 g/mol. The lowest BCUT2D eigenvalue weighted by Crippen LogP contribution is -2.16. The lowest BCUT2D eigenvalue weighted by atomic mass is 10.2. The molecule has 0 N–H and O–H groups in total. The Labute approximate surface area is 144 Å². The van der Waals surface area contributed by atoms with E-state index in [0.29, 0.717) is 15.1 Å². The van der Waals surface area contributed by atoms with E-state index < -0.39 is 0 Å². The van der Waals surface area contributed by atoms with Crippen molar-refractivity contribution in [2.45, 2.75) is 6.54 Å². The first kappa shape index (κ1) is 15.7. The maximum absolute atomic E-state index is 13.4. The third-order valence-corrected chi connectivity index (χ3v) is 4.70. The molecule has 0 saturated carbocycles. The number of carbonyl (C=O) groups excluding carboxylic acids is 1. The summed E-state index contributed by atoms with van der Waals surface area (Å²) in [7, 11) is 0. The van der Waals surface area contributed by atoms with E-state index in [1.807, 2.05) is 6.07 Å². The second kappa shape index (κ2) is 6.49. The van der Waals surface area contributed by atoms with E-state index in [4.69, 9.17) is 6.42 Å². The molecule has 0 unspecified atom stereocenters. The number of halogens is 2. The maximum Gasteiger partial charge on any atom is 0.279 e. The number of hydrogen-bond donors (Lipinski definition) is 0. The van der Waals surface area contributed by atoms with E-state index in [9.17, 15) is 9.18 Å². The summed E-state index contributed by atoms with van der Waals surface area (Å²) in [6.07, 6.45) is 5.40. The van der Waals surface area contributed by atoms with Gasteiger partial charge in [-0.3, -0.25) is 4.79 Å². The van der Waals surface area contributed by atoms with Gasteiger partial charge in [-0.15, -0.1) is 6.42 Å². The zero-order valence-electron chi connectivity index (χ0n) is 11.8. The van der Waals surface area contributed by atoms with E-state index in [1.54, 1.807) is 28.8 Å². The van der Waals surface area contributed by atoms with Gasteiger partial charge in [-0.25, -0.2) is 4.39 Å². The molecule has 3 nitrogen and oxygen atoms in total. The lowest BCUT2D eigenvalue weighted by molar-refractivity contribution is 0.0998. The van der Waals surface area contributed by atoms with Crippen molar-refractivity contribution in [3.63, 3.8) is 0 Å². The van der Waals surface area contributed by atoms with E-state index >= 15 is 0 Å². The highest BCUT2D eigenvalue weighted by Crippen LogP contribution is 2.19. The molecule has 0 saturated heterocycles. The number of hydrogen-bond acceptors (Lipinski definition) is 2. The van der Waals surface area contributed by atoms with Gasteiger partial charge in [0.05, 0.1) is 16.8 Å². The Hall–Kier alpha value is -2.23. The van der Waals surface area contributed by atoms with Crippen LogP contribution in [-0.4, -0.2) is 10.5 Å². The summed E-state index contributed by atoms with van der Waals surface area (Å²) in [5.74, 6) is 1.83. The molecule has 0 aliphatic heterocycles. The molecule has 1 heterocycles.